The molecule has 6 aromatic rings. The van der Waals surface area contributed by atoms with Crippen molar-refractivity contribution in [2.45, 2.75) is 12.5 Å². The highest BCUT2D eigenvalue weighted by Crippen LogP contribution is 2.50. The molecule has 36 heavy (non-hydrogen) atoms. The first kappa shape index (κ1) is 20.9. The number of fused-ring (bicyclic) bond motifs is 6. The molecular formula is C29H19ClN4O2. The minimum Gasteiger partial charge on any atom is -0.486 e. The predicted octanol–water partition coefficient (Wildman–Crippen LogP) is 6.80. The normalized spacial score (nSPS) is 14.3. The van der Waals surface area contributed by atoms with Crippen molar-refractivity contribution in [1.29, 1.82) is 0 Å². The van der Waals surface area contributed by atoms with Gasteiger partial charge in [-0.15, -0.1) is 5.10 Å². The molecule has 6 nitrogen and oxygen atoms in total. The van der Waals surface area contributed by atoms with Crippen LogP contribution in [-0.2, 0) is 6.61 Å². The van der Waals surface area contributed by atoms with Gasteiger partial charge in [-0.1, -0.05) is 72.3 Å². The van der Waals surface area contributed by atoms with Crippen molar-refractivity contribution >= 4 is 28.0 Å². The van der Waals surface area contributed by atoms with Crippen LogP contribution in [0.5, 0.6) is 17.4 Å². The summed E-state index contributed by atoms with van der Waals surface area (Å²) in [6.07, 6.45) is 1.64. The molecule has 0 fully saturated rings. The summed E-state index contributed by atoms with van der Waals surface area (Å²) in [5, 5.41) is 7.59. The molecule has 7 rings (SSSR count). The van der Waals surface area contributed by atoms with Gasteiger partial charge in [0.2, 0.25) is 5.88 Å². The van der Waals surface area contributed by atoms with Crippen molar-refractivity contribution < 1.29 is 9.47 Å². The monoisotopic (exact) mass is 490 g/mol. The summed E-state index contributed by atoms with van der Waals surface area (Å²) in [5.41, 5.74) is 3.82. The maximum absolute atomic E-state index is 6.36. The highest BCUT2D eigenvalue weighted by molar-refractivity contribution is 6.30. The van der Waals surface area contributed by atoms with Crippen molar-refractivity contribution in [1.82, 2.24) is 19.6 Å². The Bertz CT molecular complexity index is 1730. The largest absolute Gasteiger partial charge is 0.486 e. The average molecular weight is 491 g/mol. The fourth-order valence-electron chi connectivity index (χ4n) is 4.87. The van der Waals surface area contributed by atoms with Gasteiger partial charge in [-0.2, -0.15) is 0 Å². The zero-order chi connectivity index (χ0) is 24.1. The molecule has 0 unspecified atom stereocenters. The number of ether oxygens (including phenoxy) is 2. The standard InChI is InChI=1S/C29H19ClN4O2/c30-20-11-13-21(14-12-20)35-16-24-32-28-27-25(19-7-2-1-3-8-19)26-22-9-5-4-6-18(22)10-15-23(26)36-29(27)31-17-34(28)33-24/h1-15,17,25H,16H2/t25-/m1/s1. The van der Waals surface area contributed by atoms with Crippen LogP contribution in [0.15, 0.2) is 97.3 Å². The first-order valence-electron chi connectivity index (χ1n) is 11.6. The van der Waals surface area contributed by atoms with E-state index < -0.39 is 0 Å². The second kappa shape index (κ2) is 8.36. The lowest BCUT2D eigenvalue weighted by molar-refractivity contribution is 0.296. The van der Waals surface area contributed by atoms with Gasteiger partial charge in [0.25, 0.3) is 0 Å². The first-order valence-corrected chi connectivity index (χ1v) is 12.0. The molecule has 3 heterocycles. The Labute approximate surface area is 211 Å². The third-order valence-corrected chi connectivity index (χ3v) is 6.71. The van der Waals surface area contributed by atoms with E-state index in [1.54, 1.807) is 23.0 Å². The second-order valence-corrected chi connectivity index (χ2v) is 9.08. The van der Waals surface area contributed by atoms with Crippen LogP contribution < -0.4 is 9.47 Å². The summed E-state index contributed by atoms with van der Waals surface area (Å²) in [5.74, 6) is 2.47. The van der Waals surface area contributed by atoms with E-state index in [1.807, 2.05) is 24.3 Å². The van der Waals surface area contributed by atoms with Gasteiger partial charge in [0.05, 0.1) is 5.56 Å². The van der Waals surface area contributed by atoms with Crippen molar-refractivity contribution in [3.8, 4) is 17.4 Å². The van der Waals surface area contributed by atoms with E-state index in [0.29, 0.717) is 28.1 Å². The Balaban J connectivity index is 1.39. The van der Waals surface area contributed by atoms with Gasteiger partial charge in [0, 0.05) is 16.5 Å². The summed E-state index contributed by atoms with van der Waals surface area (Å²) in [7, 11) is 0. The summed E-state index contributed by atoms with van der Waals surface area (Å²) in [6.45, 7) is 0.217. The summed E-state index contributed by atoms with van der Waals surface area (Å²) >= 11 is 5.98. The molecule has 4 aromatic carbocycles. The topological polar surface area (TPSA) is 61.5 Å². The number of halogens is 1. The molecule has 0 saturated heterocycles. The van der Waals surface area contributed by atoms with E-state index in [4.69, 9.17) is 26.1 Å². The Morgan fingerprint density at radius 2 is 1.67 bits per heavy atom. The zero-order valence-electron chi connectivity index (χ0n) is 19.0. The Hall–Kier alpha value is -4.42. The van der Waals surface area contributed by atoms with Gasteiger partial charge in [-0.05, 0) is 46.7 Å². The molecule has 0 aliphatic carbocycles. The van der Waals surface area contributed by atoms with Crippen molar-refractivity contribution in [2.75, 3.05) is 0 Å². The second-order valence-electron chi connectivity index (χ2n) is 8.65. The van der Waals surface area contributed by atoms with Crippen LogP contribution in [0.2, 0.25) is 5.02 Å². The molecule has 0 radical (unpaired) electrons. The van der Waals surface area contributed by atoms with E-state index in [-0.39, 0.29) is 12.5 Å². The van der Waals surface area contributed by atoms with Crippen LogP contribution in [0.4, 0.5) is 0 Å². The van der Waals surface area contributed by atoms with Crippen molar-refractivity contribution in [3.05, 3.63) is 125 Å². The molecule has 1 atom stereocenters. The molecule has 0 N–H and O–H groups in total. The third kappa shape index (κ3) is 3.46. The lowest BCUT2D eigenvalue weighted by Gasteiger charge is -2.29. The first-order chi connectivity index (χ1) is 17.7. The van der Waals surface area contributed by atoms with Crippen molar-refractivity contribution in [3.63, 3.8) is 0 Å². The number of hydrogen-bond acceptors (Lipinski definition) is 5. The highest BCUT2D eigenvalue weighted by Gasteiger charge is 2.34. The van der Waals surface area contributed by atoms with E-state index in [9.17, 15) is 0 Å². The van der Waals surface area contributed by atoms with Crippen LogP contribution in [-0.4, -0.2) is 19.6 Å². The van der Waals surface area contributed by atoms with Gasteiger partial charge in [0.15, 0.2) is 11.5 Å². The SMILES string of the molecule is Clc1ccc(OCc2nc3c4c(ncn3n2)Oc2ccc3ccccc3c2[C@H]4c2ccccc2)cc1. The fourth-order valence-corrected chi connectivity index (χ4v) is 4.99. The molecule has 1 aliphatic heterocycles. The fraction of sp³-hybridized carbons (Fsp3) is 0.0690. The maximum atomic E-state index is 6.36. The smallest absolute Gasteiger partial charge is 0.228 e. The van der Waals surface area contributed by atoms with Gasteiger partial charge in [-0.25, -0.2) is 14.5 Å². The Morgan fingerprint density at radius 3 is 2.53 bits per heavy atom. The van der Waals surface area contributed by atoms with E-state index >= 15 is 0 Å². The lowest BCUT2D eigenvalue weighted by Crippen LogP contribution is -2.15. The predicted molar refractivity (Wildman–Crippen MR) is 138 cm³/mol. The van der Waals surface area contributed by atoms with Crippen LogP contribution in [0, 0.1) is 0 Å². The average Bonchev–Trinajstić information content (AvgIpc) is 3.35. The molecule has 1 aliphatic rings. The molecule has 174 valence electrons. The number of benzene rings is 4. The Kier molecular flexibility index (Phi) is 4.85. The number of aromatic nitrogens is 4. The van der Waals surface area contributed by atoms with E-state index in [1.165, 1.54) is 0 Å². The minimum absolute atomic E-state index is 0.124. The summed E-state index contributed by atoms with van der Waals surface area (Å²) < 4.78 is 14.0. The number of rotatable bonds is 4. The number of nitrogens with zero attached hydrogens (tertiary/aromatic N) is 4. The Morgan fingerprint density at radius 1 is 0.861 bits per heavy atom. The van der Waals surface area contributed by atoms with Gasteiger partial charge < -0.3 is 9.47 Å². The van der Waals surface area contributed by atoms with E-state index in [0.717, 1.165) is 33.2 Å². The molecule has 0 amide bonds. The van der Waals surface area contributed by atoms with Crippen LogP contribution >= 0.6 is 11.6 Å². The molecule has 0 bridgehead atoms. The molecule has 0 spiro atoms. The summed E-state index contributed by atoms with van der Waals surface area (Å²) in [6, 6.07) is 30.1. The maximum Gasteiger partial charge on any atom is 0.228 e. The molecule has 0 saturated carbocycles. The van der Waals surface area contributed by atoms with Crippen LogP contribution in [0.25, 0.3) is 16.4 Å². The van der Waals surface area contributed by atoms with E-state index in [2.05, 4.69) is 64.7 Å². The van der Waals surface area contributed by atoms with Gasteiger partial charge in [0.1, 0.15) is 24.4 Å². The zero-order valence-corrected chi connectivity index (χ0v) is 19.8. The third-order valence-electron chi connectivity index (χ3n) is 6.46. The van der Waals surface area contributed by atoms with Crippen LogP contribution in [0.1, 0.15) is 28.4 Å². The minimum atomic E-state index is -0.124. The number of hydrogen-bond donors (Lipinski definition) is 0. The molecule has 2 aromatic heterocycles. The lowest BCUT2D eigenvalue weighted by atomic mass is 9.81. The quantitative estimate of drug-likeness (QED) is 0.271. The van der Waals surface area contributed by atoms with Gasteiger partial charge in [-0.3, -0.25) is 0 Å². The molecular weight excluding hydrogens is 472 g/mol. The molecule has 7 heteroatoms. The van der Waals surface area contributed by atoms with Crippen molar-refractivity contribution in [2.24, 2.45) is 0 Å². The van der Waals surface area contributed by atoms with Gasteiger partial charge >= 0.3 is 0 Å². The van der Waals surface area contributed by atoms with Crippen LogP contribution in [0.3, 0.4) is 0 Å². The highest BCUT2D eigenvalue weighted by atomic mass is 35.5. The summed E-state index contributed by atoms with van der Waals surface area (Å²) in [4.78, 5) is 9.49.